The van der Waals surface area contributed by atoms with Crippen LogP contribution in [0.5, 0.6) is 0 Å². The number of fused-ring (bicyclic) bond motifs is 7. The molecular weight excluding hydrogens is 400 g/mol. The summed E-state index contributed by atoms with van der Waals surface area (Å²) < 4.78 is 13.4. The van der Waals surface area contributed by atoms with E-state index in [1.807, 2.05) is 0 Å². The summed E-state index contributed by atoms with van der Waals surface area (Å²) >= 11 is 0. The molecule has 0 amide bonds. The Hall–Kier alpha value is -0.160. The van der Waals surface area contributed by atoms with Crippen LogP contribution in [0.1, 0.15) is 92.4 Å². The Balaban J connectivity index is 1.30. The van der Waals surface area contributed by atoms with Crippen LogP contribution < -0.4 is 0 Å². The lowest BCUT2D eigenvalue weighted by Gasteiger charge is -2.66. The number of ether oxygens (including phenoxy) is 2. The van der Waals surface area contributed by atoms with Gasteiger partial charge in [-0.05, 0) is 91.3 Å². The van der Waals surface area contributed by atoms with E-state index in [1.165, 1.54) is 25.7 Å². The first kappa shape index (κ1) is 22.3. The van der Waals surface area contributed by atoms with Crippen LogP contribution in [0.15, 0.2) is 0 Å². The summed E-state index contributed by atoms with van der Waals surface area (Å²) in [5.74, 6) is 3.56. The van der Waals surface area contributed by atoms with Crippen LogP contribution in [0.4, 0.5) is 0 Å². The summed E-state index contributed by atoms with van der Waals surface area (Å²) in [6, 6.07) is 0. The zero-order valence-corrected chi connectivity index (χ0v) is 21.0. The maximum atomic E-state index is 11.9. The van der Waals surface area contributed by atoms with E-state index in [9.17, 15) is 10.2 Å². The van der Waals surface area contributed by atoms with E-state index in [0.29, 0.717) is 53.4 Å². The highest BCUT2D eigenvalue weighted by Gasteiger charge is 2.71. The molecule has 2 N–H and O–H groups in total. The lowest BCUT2D eigenvalue weighted by atomic mass is 9.41. The molecule has 0 bridgehead atoms. The van der Waals surface area contributed by atoms with Crippen molar-refractivity contribution in [3.05, 3.63) is 0 Å². The minimum atomic E-state index is -0.714. The molecule has 6 aliphatic rings. The fraction of sp³-hybridized carbons (Fsp3) is 1.00. The van der Waals surface area contributed by atoms with Crippen molar-refractivity contribution in [2.75, 3.05) is 6.61 Å². The Kier molecular flexibility index (Phi) is 4.85. The molecule has 1 spiro atoms. The Morgan fingerprint density at radius 3 is 2.41 bits per heavy atom. The highest BCUT2D eigenvalue weighted by molar-refractivity contribution is 5.19. The minimum absolute atomic E-state index is 0.0656. The molecule has 0 aromatic rings. The Morgan fingerprint density at radius 1 is 0.906 bits per heavy atom. The van der Waals surface area contributed by atoms with E-state index in [1.54, 1.807) is 0 Å². The Labute approximate surface area is 194 Å². The molecule has 4 aliphatic carbocycles. The van der Waals surface area contributed by atoms with Gasteiger partial charge < -0.3 is 19.7 Å². The van der Waals surface area contributed by atoms with E-state index in [2.05, 4.69) is 34.6 Å². The van der Waals surface area contributed by atoms with Gasteiger partial charge in [0.15, 0.2) is 5.79 Å². The van der Waals surface area contributed by atoms with Crippen molar-refractivity contribution in [2.45, 2.75) is 116 Å². The second kappa shape index (κ2) is 6.95. The zero-order valence-electron chi connectivity index (χ0n) is 21.0. The summed E-state index contributed by atoms with van der Waals surface area (Å²) in [6.07, 6.45) is 9.42. The monoisotopic (exact) mass is 446 g/mol. The third kappa shape index (κ3) is 2.65. The predicted octanol–water partition coefficient (Wildman–Crippen LogP) is 5.15. The van der Waals surface area contributed by atoms with Crippen molar-refractivity contribution in [1.82, 2.24) is 0 Å². The van der Waals surface area contributed by atoms with Crippen LogP contribution in [-0.2, 0) is 9.47 Å². The summed E-state index contributed by atoms with van der Waals surface area (Å²) in [6.45, 7) is 12.8. The molecule has 4 nitrogen and oxygen atoms in total. The standard InChI is InChI=1S/C28H46O4/c1-16-6-11-28(31-15-16)18(3)24-23(32-28)13-22-20-12-17(2)27(30)14-19(29)7-10-26(27,5)21(20)8-9-25(22,24)4/h16-24,29-30H,6-15H2,1-5H3/t16-,17-,18-,19+,20-,21+,22+,23+,24+,25-,26+,27-,28+/m0/s1. The van der Waals surface area contributed by atoms with Gasteiger partial charge in [-0.3, -0.25) is 0 Å². The van der Waals surface area contributed by atoms with E-state index in [0.717, 1.165) is 32.3 Å². The molecule has 0 radical (unpaired) electrons. The molecule has 0 unspecified atom stereocenters. The number of aliphatic hydroxyl groups excluding tert-OH is 1. The van der Waals surface area contributed by atoms with Gasteiger partial charge in [0.05, 0.1) is 24.4 Å². The minimum Gasteiger partial charge on any atom is -0.393 e. The molecule has 6 rings (SSSR count). The highest BCUT2D eigenvalue weighted by Crippen LogP contribution is 2.72. The molecule has 2 heterocycles. The molecule has 32 heavy (non-hydrogen) atoms. The molecule has 0 aromatic heterocycles. The molecule has 2 aliphatic heterocycles. The number of rotatable bonds is 0. The van der Waals surface area contributed by atoms with E-state index in [-0.39, 0.29) is 23.2 Å². The van der Waals surface area contributed by atoms with Crippen molar-refractivity contribution >= 4 is 0 Å². The Morgan fingerprint density at radius 2 is 1.69 bits per heavy atom. The van der Waals surface area contributed by atoms with Crippen LogP contribution in [0.3, 0.4) is 0 Å². The number of hydrogen-bond donors (Lipinski definition) is 2. The lowest BCUT2D eigenvalue weighted by Crippen LogP contribution is -2.66. The van der Waals surface area contributed by atoms with Crippen LogP contribution in [0, 0.1) is 52.3 Å². The first-order valence-electron chi connectivity index (χ1n) is 13.8. The summed E-state index contributed by atoms with van der Waals surface area (Å²) in [5, 5.41) is 22.3. The Bertz CT molecular complexity index is 761. The third-order valence-corrected chi connectivity index (χ3v) is 12.5. The molecule has 2 saturated heterocycles. The van der Waals surface area contributed by atoms with Crippen LogP contribution >= 0.6 is 0 Å². The van der Waals surface area contributed by atoms with E-state index < -0.39 is 5.60 Å². The van der Waals surface area contributed by atoms with Crippen molar-refractivity contribution in [3.63, 3.8) is 0 Å². The first-order valence-corrected chi connectivity index (χ1v) is 13.8. The van der Waals surface area contributed by atoms with Gasteiger partial charge in [0.1, 0.15) is 0 Å². The zero-order chi connectivity index (χ0) is 22.7. The highest BCUT2D eigenvalue weighted by atomic mass is 16.7. The van der Waals surface area contributed by atoms with Gasteiger partial charge in [0.25, 0.3) is 0 Å². The molecule has 13 atom stereocenters. The van der Waals surface area contributed by atoms with Crippen molar-refractivity contribution in [1.29, 1.82) is 0 Å². The van der Waals surface area contributed by atoms with Gasteiger partial charge in [0, 0.05) is 18.8 Å². The van der Waals surface area contributed by atoms with Gasteiger partial charge in [-0.2, -0.15) is 0 Å². The van der Waals surface area contributed by atoms with Crippen molar-refractivity contribution in [2.24, 2.45) is 52.3 Å². The molecule has 182 valence electrons. The van der Waals surface area contributed by atoms with E-state index in [4.69, 9.17) is 9.47 Å². The number of hydrogen-bond acceptors (Lipinski definition) is 4. The fourth-order valence-corrected chi connectivity index (χ4v) is 10.7. The largest absolute Gasteiger partial charge is 0.393 e. The SMILES string of the molecule is C[C@H]1CC[C@@]2(OC1)O[C@@H]1C[C@@H]3[C@H]4C[C@H](C)[C@@]5(O)C[C@H](O)CC[C@]5(C)[C@@H]4CC[C@]3(C)[C@@H]1[C@@H]2C. The summed E-state index contributed by atoms with van der Waals surface area (Å²) in [5.41, 5.74) is -0.459. The van der Waals surface area contributed by atoms with Gasteiger partial charge in [-0.1, -0.05) is 34.6 Å². The molecular formula is C28H46O4. The molecule has 0 aromatic carbocycles. The average molecular weight is 447 g/mol. The molecule has 6 fully saturated rings. The summed E-state index contributed by atoms with van der Waals surface area (Å²) in [4.78, 5) is 0. The van der Waals surface area contributed by atoms with Gasteiger partial charge >= 0.3 is 0 Å². The van der Waals surface area contributed by atoms with Gasteiger partial charge in [-0.15, -0.1) is 0 Å². The maximum Gasteiger partial charge on any atom is 0.171 e. The quantitative estimate of drug-likeness (QED) is 0.540. The lowest BCUT2D eigenvalue weighted by molar-refractivity contribution is -0.276. The van der Waals surface area contributed by atoms with Gasteiger partial charge in [-0.25, -0.2) is 0 Å². The van der Waals surface area contributed by atoms with Gasteiger partial charge in [0.2, 0.25) is 0 Å². The van der Waals surface area contributed by atoms with Crippen LogP contribution in [-0.4, -0.2) is 40.4 Å². The maximum absolute atomic E-state index is 11.9. The second-order valence-corrected chi connectivity index (χ2v) is 13.8. The van der Waals surface area contributed by atoms with Crippen molar-refractivity contribution in [3.8, 4) is 0 Å². The smallest absolute Gasteiger partial charge is 0.171 e. The van der Waals surface area contributed by atoms with Crippen molar-refractivity contribution < 1.29 is 19.7 Å². The average Bonchev–Trinajstić information content (AvgIpc) is 3.18. The van der Waals surface area contributed by atoms with E-state index >= 15 is 0 Å². The molecule has 4 saturated carbocycles. The predicted molar refractivity (Wildman–Crippen MR) is 124 cm³/mol. The topological polar surface area (TPSA) is 58.9 Å². The first-order chi connectivity index (χ1) is 15.0. The number of aliphatic hydroxyl groups is 2. The third-order valence-electron chi connectivity index (χ3n) is 12.5. The summed E-state index contributed by atoms with van der Waals surface area (Å²) in [7, 11) is 0. The fourth-order valence-electron chi connectivity index (χ4n) is 10.7. The molecule has 4 heteroatoms. The van der Waals surface area contributed by atoms with Crippen LogP contribution in [0.2, 0.25) is 0 Å². The normalized spacial score (nSPS) is 64.0. The van der Waals surface area contributed by atoms with Crippen LogP contribution in [0.25, 0.3) is 0 Å². The second-order valence-electron chi connectivity index (χ2n) is 13.8.